The summed E-state index contributed by atoms with van der Waals surface area (Å²) in [7, 11) is 0. The Balaban J connectivity index is 0.877. The molecule has 1 unspecified atom stereocenters. The van der Waals surface area contributed by atoms with Crippen molar-refractivity contribution in [3.63, 3.8) is 0 Å². The first-order chi connectivity index (χ1) is 45.7. The van der Waals surface area contributed by atoms with E-state index in [1.165, 1.54) is 0 Å². The van der Waals surface area contributed by atoms with Crippen LogP contribution < -0.4 is 31.9 Å². The van der Waals surface area contributed by atoms with Gasteiger partial charge in [-0.05, 0) is 118 Å². The molecule has 0 fully saturated rings. The van der Waals surface area contributed by atoms with E-state index in [4.69, 9.17) is 15.0 Å². The van der Waals surface area contributed by atoms with Crippen LogP contribution in [0.1, 0.15) is 23.0 Å². The van der Waals surface area contributed by atoms with E-state index >= 15 is 0 Å². The second-order valence-corrected chi connectivity index (χ2v) is 22.7. The molecule has 0 saturated heterocycles. The van der Waals surface area contributed by atoms with Gasteiger partial charge in [0, 0.05) is 72.4 Å². The average Bonchev–Trinajstić information content (AvgIpc) is 1.57. The van der Waals surface area contributed by atoms with E-state index in [0.717, 1.165) is 99.4 Å². The molecule has 0 aliphatic heterocycles. The molecule has 14 rings (SSSR count). The normalized spacial score (nSPS) is 12.9. The summed E-state index contributed by atoms with van der Waals surface area (Å²) in [6.07, 6.45) is 4.74. The molecule has 0 saturated carbocycles. The molecule has 3 heterocycles. The van der Waals surface area contributed by atoms with Gasteiger partial charge >= 0.3 is 0 Å². The molecule has 3 aromatic heterocycles. The fourth-order valence-corrected chi connectivity index (χ4v) is 12.5. The SMILES string of the molecule is O=C(Cc1ccc(-c2ccc3c(c2)c2cc(-c4ccc(CC(=O)Nc5cc(NCO)cc(NCO)c5)cc4)ccc2n3C2C=C(c3nc(-c4ccccc4)nc(-c4ccccc4)n3)C=C2n2c3ccccc3c3ccccc32)cc1)Nc1cc(NCO)cc(NCO)c1. The molecule has 10 aromatic carbocycles. The summed E-state index contributed by atoms with van der Waals surface area (Å²) in [6, 6.07) is 76.3. The van der Waals surface area contributed by atoms with Crippen LogP contribution in [0.4, 0.5) is 34.1 Å². The number of para-hydroxylation sites is 2. The Morgan fingerprint density at radius 3 is 1.16 bits per heavy atom. The van der Waals surface area contributed by atoms with E-state index in [2.05, 4.69) is 138 Å². The lowest BCUT2D eigenvalue weighted by Gasteiger charge is -2.21. The number of benzene rings is 10. The highest BCUT2D eigenvalue weighted by Gasteiger charge is 2.31. The van der Waals surface area contributed by atoms with E-state index < -0.39 is 6.04 Å². The molecule has 1 atom stereocenters. The number of anilines is 6. The Hall–Kier alpha value is -11.7. The van der Waals surface area contributed by atoms with Gasteiger partial charge in [0.25, 0.3) is 0 Å². The van der Waals surface area contributed by atoms with Crippen molar-refractivity contribution in [2.45, 2.75) is 18.9 Å². The highest BCUT2D eigenvalue weighted by atomic mass is 16.3. The van der Waals surface area contributed by atoms with E-state index in [1.807, 2.05) is 109 Å². The maximum Gasteiger partial charge on any atom is 0.228 e. The molecule has 13 aromatic rings. The molecule has 17 heteroatoms. The molecule has 1 aliphatic carbocycles. The number of nitrogens with zero attached hydrogens (tertiary/aromatic N) is 5. The number of carbonyl (C=O) groups is 2. The summed E-state index contributed by atoms with van der Waals surface area (Å²) >= 11 is 0. The maximum absolute atomic E-state index is 13.5. The van der Waals surface area contributed by atoms with Gasteiger partial charge in [-0.2, -0.15) is 0 Å². The van der Waals surface area contributed by atoms with Gasteiger partial charge in [-0.3, -0.25) is 9.59 Å². The zero-order valence-electron chi connectivity index (χ0n) is 50.3. The molecule has 2 amide bonds. The molecule has 1 aliphatic rings. The van der Waals surface area contributed by atoms with Crippen LogP contribution in [0.25, 0.3) is 99.9 Å². The van der Waals surface area contributed by atoms with Crippen molar-refractivity contribution in [2.24, 2.45) is 0 Å². The Kier molecular flexibility index (Phi) is 16.5. The molecule has 93 heavy (non-hydrogen) atoms. The van der Waals surface area contributed by atoms with Gasteiger partial charge in [0.1, 0.15) is 26.9 Å². The second kappa shape index (κ2) is 26.0. The number of hydrogen-bond acceptors (Lipinski definition) is 13. The predicted molar refractivity (Wildman–Crippen MR) is 372 cm³/mol. The Bertz CT molecular complexity index is 4690. The van der Waals surface area contributed by atoms with Crippen LogP contribution in [-0.4, -0.2) is 83.2 Å². The standard InChI is InChI=1S/C76H63N11O6/c88-43-77-56-37-57(78-44-89)40-60(39-56)81-72(92)31-47-19-23-49(24-20-47)53-27-29-68-64(33-53)65-34-54(50-25-21-48(22-26-50)32-73(93)82-61-41-58(79-45-90)38-59(42-61)80-46-91)28-30-69(65)87(68)71-36-55(35-70(71)86-66-17-9-7-15-62(66)63-16-8-10-18-67(63)86)76-84-74(51-11-3-1-4-12-51)83-75(85-76)52-13-5-2-6-14-52/h1-30,33-42,71,77-80,88-91H,31-32,43-46H2,(H,81,92)(H,82,93). The zero-order chi connectivity index (χ0) is 63.4. The van der Waals surface area contributed by atoms with Gasteiger partial charge in [-0.1, -0.05) is 158 Å². The highest BCUT2D eigenvalue weighted by Crippen LogP contribution is 2.47. The second-order valence-electron chi connectivity index (χ2n) is 22.7. The zero-order valence-corrected chi connectivity index (χ0v) is 50.3. The van der Waals surface area contributed by atoms with Crippen molar-refractivity contribution in [1.29, 1.82) is 0 Å². The lowest BCUT2D eigenvalue weighted by atomic mass is 9.98. The highest BCUT2D eigenvalue weighted by molar-refractivity contribution is 6.13. The van der Waals surface area contributed by atoms with Crippen molar-refractivity contribution >= 4 is 101 Å². The third kappa shape index (κ3) is 12.3. The number of amides is 2. The summed E-state index contributed by atoms with van der Waals surface area (Å²) in [4.78, 5) is 42.7. The molecule has 0 radical (unpaired) electrons. The monoisotopic (exact) mass is 1230 g/mol. The van der Waals surface area contributed by atoms with Crippen LogP contribution in [0.5, 0.6) is 0 Å². The van der Waals surface area contributed by atoms with Gasteiger partial charge in [-0.15, -0.1) is 0 Å². The number of aliphatic hydroxyl groups is 4. The van der Waals surface area contributed by atoms with Crippen LogP contribution in [0.2, 0.25) is 0 Å². The quantitative estimate of drug-likeness (QED) is 0.0302. The number of fused-ring (bicyclic) bond motifs is 6. The van der Waals surface area contributed by atoms with Gasteiger partial charge in [-0.25, -0.2) is 15.0 Å². The van der Waals surface area contributed by atoms with Crippen LogP contribution >= 0.6 is 0 Å². The van der Waals surface area contributed by atoms with Crippen molar-refractivity contribution in [1.82, 2.24) is 24.1 Å². The Morgan fingerprint density at radius 2 is 0.742 bits per heavy atom. The van der Waals surface area contributed by atoms with Gasteiger partial charge in [0.15, 0.2) is 17.5 Å². The number of hydrogen-bond donors (Lipinski definition) is 10. The lowest BCUT2D eigenvalue weighted by molar-refractivity contribution is -0.116. The van der Waals surface area contributed by atoms with Crippen LogP contribution in [-0.2, 0) is 22.4 Å². The number of nitrogens with one attached hydrogen (secondary N) is 6. The van der Waals surface area contributed by atoms with Gasteiger partial charge < -0.3 is 61.5 Å². The smallest absolute Gasteiger partial charge is 0.228 e. The van der Waals surface area contributed by atoms with Crippen LogP contribution in [0.3, 0.4) is 0 Å². The summed E-state index contributed by atoms with van der Waals surface area (Å²) in [5.74, 6) is 1.21. The van der Waals surface area contributed by atoms with Crippen LogP contribution in [0, 0.1) is 0 Å². The van der Waals surface area contributed by atoms with Crippen molar-refractivity contribution in [2.75, 3.05) is 58.8 Å². The predicted octanol–water partition coefficient (Wildman–Crippen LogP) is 13.7. The number of aromatic nitrogens is 5. The third-order valence-electron chi connectivity index (χ3n) is 16.7. The van der Waals surface area contributed by atoms with Gasteiger partial charge in [0.05, 0.1) is 46.6 Å². The third-order valence-corrected chi connectivity index (χ3v) is 16.7. The van der Waals surface area contributed by atoms with Crippen molar-refractivity contribution in [3.8, 4) is 45.0 Å². The summed E-state index contributed by atoms with van der Waals surface area (Å²) in [5.41, 5.74) is 16.5. The topological polar surface area (TPSA) is 236 Å². The Morgan fingerprint density at radius 1 is 0.366 bits per heavy atom. The molecule has 458 valence electrons. The minimum atomic E-state index is -0.402. The largest absolute Gasteiger partial charge is 0.377 e. The van der Waals surface area contributed by atoms with E-state index in [1.54, 1.807) is 36.4 Å². The first-order valence-corrected chi connectivity index (χ1v) is 30.5. The molecular weight excluding hydrogens is 1160 g/mol. The van der Waals surface area contributed by atoms with Crippen molar-refractivity contribution in [3.05, 3.63) is 260 Å². The van der Waals surface area contributed by atoms with Crippen molar-refractivity contribution < 1.29 is 30.0 Å². The number of aliphatic hydroxyl groups excluding tert-OH is 4. The minimum Gasteiger partial charge on any atom is -0.377 e. The first-order valence-electron chi connectivity index (χ1n) is 30.5. The minimum absolute atomic E-state index is 0.109. The molecule has 0 spiro atoms. The summed E-state index contributed by atoms with van der Waals surface area (Å²) in [6.45, 7) is -1.20. The molecule has 17 nitrogen and oxygen atoms in total. The maximum atomic E-state index is 13.5. The van der Waals surface area contributed by atoms with E-state index in [0.29, 0.717) is 51.6 Å². The lowest BCUT2D eigenvalue weighted by Crippen LogP contribution is -2.15. The summed E-state index contributed by atoms with van der Waals surface area (Å²) in [5, 5.41) is 59.7. The Labute approximate surface area is 534 Å². The molecule has 10 N–H and O–H groups in total. The van der Waals surface area contributed by atoms with Gasteiger partial charge in [0.2, 0.25) is 11.8 Å². The summed E-state index contributed by atoms with van der Waals surface area (Å²) < 4.78 is 4.81. The first kappa shape index (κ1) is 58.9. The van der Waals surface area contributed by atoms with E-state index in [9.17, 15) is 30.0 Å². The number of allylic oxidation sites excluding steroid dienone is 4. The average molecular weight is 1230 g/mol. The van der Waals surface area contributed by atoms with Crippen LogP contribution in [0.15, 0.2) is 243 Å². The number of rotatable bonds is 21. The fraction of sp³-hybridized carbons (Fsp3) is 0.0921. The van der Waals surface area contributed by atoms with E-state index in [-0.39, 0.29) is 51.6 Å². The fourth-order valence-electron chi connectivity index (χ4n) is 12.5. The number of carbonyl (C=O) groups excluding carboxylic acids is 2. The molecular formula is C76H63N11O6. The molecule has 0 bridgehead atoms.